The van der Waals surface area contributed by atoms with Gasteiger partial charge in [0.05, 0.1) is 11.6 Å². The van der Waals surface area contributed by atoms with Gasteiger partial charge in [-0.2, -0.15) is 5.26 Å². The zero-order valence-corrected chi connectivity index (χ0v) is 13.6. The molecule has 24 heavy (non-hydrogen) atoms. The van der Waals surface area contributed by atoms with E-state index in [2.05, 4.69) is 11.4 Å². The van der Waals surface area contributed by atoms with Crippen LogP contribution >= 0.6 is 0 Å². The molecule has 4 heteroatoms. The van der Waals surface area contributed by atoms with Crippen LogP contribution in [-0.2, 0) is 16.7 Å². The highest BCUT2D eigenvalue weighted by atomic mass is 19.1. The molecule has 0 spiro atoms. The third kappa shape index (κ3) is 3.81. The first kappa shape index (κ1) is 16.6. The van der Waals surface area contributed by atoms with Crippen molar-refractivity contribution in [3.05, 3.63) is 71.0 Å². The average Bonchev–Trinajstić information content (AvgIpc) is 2.63. The summed E-state index contributed by atoms with van der Waals surface area (Å²) in [6, 6.07) is 16.6. The lowest BCUT2D eigenvalue weighted by atomic mass is 9.74. The van der Waals surface area contributed by atoms with Crippen LogP contribution in [0.4, 0.5) is 4.39 Å². The lowest BCUT2D eigenvalue weighted by Crippen LogP contribution is -2.42. The molecule has 3 rings (SSSR count). The van der Waals surface area contributed by atoms with Gasteiger partial charge in [-0.05, 0) is 48.2 Å². The van der Waals surface area contributed by atoms with Crippen molar-refractivity contribution in [1.82, 2.24) is 5.32 Å². The quantitative estimate of drug-likeness (QED) is 0.915. The van der Waals surface area contributed by atoms with E-state index in [9.17, 15) is 4.39 Å². The van der Waals surface area contributed by atoms with Gasteiger partial charge in [-0.3, -0.25) is 0 Å². The molecule has 2 aromatic rings. The van der Waals surface area contributed by atoms with Crippen molar-refractivity contribution in [1.29, 1.82) is 5.26 Å². The molecule has 1 saturated heterocycles. The molecule has 3 nitrogen and oxygen atoms in total. The summed E-state index contributed by atoms with van der Waals surface area (Å²) in [5, 5.41) is 12.4. The van der Waals surface area contributed by atoms with Crippen molar-refractivity contribution >= 4 is 0 Å². The first-order chi connectivity index (χ1) is 11.7. The predicted molar refractivity (Wildman–Crippen MR) is 91.0 cm³/mol. The lowest BCUT2D eigenvalue weighted by molar-refractivity contribution is 0.0497. The number of halogens is 1. The van der Waals surface area contributed by atoms with Crippen LogP contribution in [-0.4, -0.2) is 19.8 Å². The summed E-state index contributed by atoms with van der Waals surface area (Å²) in [4.78, 5) is 0. The van der Waals surface area contributed by atoms with Crippen molar-refractivity contribution in [2.75, 3.05) is 19.8 Å². The van der Waals surface area contributed by atoms with E-state index in [0.29, 0.717) is 5.56 Å². The van der Waals surface area contributed by atoms with Gasteiger partial charge in [0, 0.05) is 31.7 Å². The van der Waals surface area contributed by atoms with E-state index < -0.39 is 0 Å². The number of hydrogen-bond acceptors (Lipinski definition) is 3. The molecule has 0 aromatic heterocycles. The normalized spacial score (nSPS) is 16.5. The van der Waals surface area contributed by atoms with Crippen LogP contribution < -0.4 is 5.32 Å². The maximum atomic E-state index is 13.3. The fourth-order valence-electron chi connectivity index (χ4n) is 3.28. The van der Waals surface area contributed by atoms with E-state index in [1.54, 1.807) is 0 Å². The Labute approximate surface area is 142 Å². The maximum Gasteiger partial charge on any atom is 0.123 e. The standard InChI is InChI=1S/C20H21FN2O/c21-19-7-5-18(6-8-19)20(9-11-24-12-10-20)15-23-14-17-3-1-16(13-22)2-4-17/h1-8,23H,9-12,14-15H2. The van der Waals surface area contributed by atoms with Gasteiger partial charge in [-0.25, -0.2) is 4.39 Å². The minimum atomic E-state index is -0.202. The molecule has 0 amide bonds. The van der Waals surface area contributed by atoms with Gasteiger partial charge in [-0.15, -0.1) is 0 Å². The van der Waals surface area contributed by atoms with Gasteiger partial charge < -0.3 is 10.1 Å². The van der Waals surface area contributed by atoms with Crippen LogP contribution in [0, 0.1) is 17.1 Å². The number of rotatable bonds is 5. The van der Waals surface area contributed by atoms with Gasteiger partial charge in [0.25, 0.3) is 0 Å². The highest BCUT2D eigenvalue weighted by Crippen LogP contribution is 2.34. The largest absolute Gasteiger partial charge is 0.381 e. The van der Waals surface area contributed by atoms with Gasteiger partial charge in [0.2, 0.25) is 0 Å². The van der Waals surface area contributed by atoms with Gasteiger partial charge in [-0.1, -0.05) is 24.3 Å². The van der Waals surface area contributed by atoms with E-state index in [1.165, 1.54) is 17.7 Å². The molecule has 1 heterocycles. The summed E-state index contributed by atoms with van der Waals surface area (Å²) in [5.74, 6) is -0.202. The lowest BCUT2D eigenvalue weighted by Gasteiger charge is -2.38. The molecule has 2 aromatic carbocycles. The molecule has 0 aliphatic carbocycles. The summed E-state index contributed by atoms with van der Waals surface area (Å²) < 4.78 is 18.8. The van der Waals surface area contributed by atoms with E-state index >= 15 is 0 Å². The Kier molecular flexibility index (Phi) is 5.24. The molecule has 0 radical (unpaired) electrons. The molecule has 0 unspecified atom stereocenters. The van der Waals surface area contributed by atoms with E-state index in [0.717, 1.165) is 44.7 Å². The molecule has 0 atom stereocenters. The number of ether oxygens (including phenoxy) is 1. The molecule has 0 saturated carbocycles. The van der Waals surface area contributed by atoms with Gasteiger partial charge in [0.1, 0.15) is 5.82 Å². The number of nitrogens with zero attached hydrogens (tertiary/aromatic N) is 1. The fraction of sp³-hybridized carbons (Fsp3) is 0.350. The number of hydrogen-bond donors (Lipinski definition) is 1. The Balaban J connectivity index is 1.68. The van der Waals surface area contributed by atoms with Crippen molar-refractivity contribution in [2.24, 2.45) is 0 Å². The second kappa shape index (κ2) is 7.57. The van der Waals surface area contributed by atoms with E-state index in [4.69, 9.17) is 10.00 Å². The summed E-state index contributed by atoms with van der Waals surface area (Å²) in [5.41, 5.74) is 2.97. The Morgan fingerprint density at radius 1 is 1.04 bits per heavy atom. The van der Waals surface area contributed by atoms with Gasteiger partial charge >= 0.3 is 0 Å². The first-order valence-corrected chi connectivity index (χ1v) is 8.25. The third-order valence-electron chi connectivity index (χ3n) is 4.78. The first-order valence-electron chi connectivity index (χ1n) is 8.25. The molecule has 1 aliphatic rings. The Hall–Kier alpha value is -2.22. The van der Waals surface area contributed by atoms with Crippen LogP contribution in [0.1, 0.15) is 29.5 Å². The van der Waals surface area contributed by atoms with Crippen molar-refractivity contribution in [2.45, 2.75) is 24.8 Å². The molecule has 0 bridgehead atoms. The van der Waals surface area contributed by atoms with Crippen LogP contribution in [0.15, 0.2) is 48.5 Å². The summed E-state index contributed by atoms with van der Waals surface area (Å²) in [6.45, 7) is 3.03. The number of benzene rings is 2. The summed E-state index contributed by atoms with van der Waals surface area (Å²) in [6.07, 6.45) is 1.86. The SMILES string of the molecule is N#Cc1ccc(CNCC2(c3ccc(F)cc3)CCOCC2)cc1. The van der Waals surface area contributed by atoms with E-state index in [-0.39, 0.29) is 11.2 Å². The Morgan fingerprint density at radius 3 is 2.33 bits per heavy atom. The van der Waals surface area contributed by atoms with Crippen molar-refractivity contribution in [3.63, 3.8) is 0 Å². The van der Waals surface area contributed by atoms with Crippen molar-refractivity contribution in [3.8, 4) is 6.07 Å². The average molecular weight is 324 g/mol. The summed E-state index contributed by atoms with van der Waals surface area (Å²) in [7, 11) is 0. The Morgan fingerprint density at radius 2 is 1.71 bits per heavy atom. The minimum absolute atomic E-state index is 0.0153. The monoisotopic (exact) mass is 324 g/mol. The molecule has 1 aliphatic heterocycles. The van der Waals surface area contributed by atoms with Crippen molar-refractivity contribution < 1.29 is 9.13 Å². The van der Waals surface area contributed by atoms with Crippen LogP contribution in [0.3, 0.4) is 0 Å². The second-order valence-electron chi connectivity index (χ2n) is 6.31. The highest BCUT2D eigenvalue weighted by molar-refractivity contribution is 5.32. The van der Waals surface area contributed by atoms with E-state index in [1.807, 2.05) is 36.4 Å². The zero-order valence-electron chi connectivity index (χ0n) is 13.6. The Bertz CT molecular complexity index is 698. The highest BCUT2D eigenvalue weighted by Gasteiger charge is 2.34. The minimum Gasteiger partial charge on any atom is -0.381 e. The molecule has 1 fully saturated rings. The topological polar surface area (TPSA) is 45.0 Å². The van der Waals surface area contributed by atoms with Crippen LogP contribution in [0.2, 0.25) is 0 Å². The maximum absolute atomic E-state index is 13.3. The molecule has 124 valence electrons. The van der Waals surface area contributed by atoms with Crippen LogP contribution in [0.25, 0.3) is 0 Å². The zero-order chi connectivity index (χ0) is 16.8. The third-order valence-corrected chi connectivity index (χ3v) is 4.78. The number of nitrogens with one attached hydrogen (secondary N) is 1. The molecule has 1 N–H and O–H groups in total. The number of nitriles is 1. The summed E-state index contributed by atoms with van der Waals surface area (Å²) >= 11 is 0. The molecular formula is C20H21FN2O. The molecular weight excluding hydrogens is 303 g/mol. The fourth-order valence-corrected chi connectivity index (χ4v) is 3.28. The van der Waals surface area contributed by atoms with Crippen LogP contribution in [0.5, 0.6) is 0 Å². The predicted octanol–water partition coefficient (Wildman–Crippen LogP) is 3.54. The second-order valence-corrected chi connectivity index (χ2v) is 6.31. The smallest absolute Gasteiger partial charge is 0.123 e. The van der Waals surface area contributed by atoms with Gasteiger partial charge in [0.15, 0.2) is 0 Å².